The van der Waals surface area contributed by atoms with E-state index in [1.165, 1.54) is 12.8 Å². The number of ether oxygens (including phenoxy) is 2. The summed E-state index contributed by atoms with van der Waals surface area (Å²) in [5.41, 5.74) is 0. The van der Waals surface area contributed by atoms with Gasteiger partial charge in [-0.05, 0) is 31.4 Å². The molecule has 29 heavy (non-hydrogen) atoms. The number of halogens is 3. The Bertz CT molecular complexity index is 635. The molecule has 0 aliphatic heterocycles. The van der Waals surface area contributed by atoms with Crippen LogP contribution in [0.3, 0.4) is 0 Å². The van der Waals surface area contributed by atoms with E-state index in [0.29, 0.717) is 24.5 Å². The van der Waals surface area contributed by atoms with Crippen molar-refractivity contribution in [1.29, 1.82) is 0 Å². The SMILES string of the molecule is CCCCCCOC(=O)CCCCCCCCC(=O)Oc1c(Cl)ccc(Cl)c1Cl. The van der Waals surface area contributed by atoms with Crippen LogP contribution in [0.15, 0.2) is 12.1 Å². The minimum absolute atomic E-state index is 0.0948. The third-order valence-corrected chi connectivity index (χ3v) is 5.58. The molecule has 0 aromatic heterocycles. The molecule has 4 nitrogen and oxygen atoms in total. The molecule has 0 bridgehead atoms. The van der Waals surface area contributed by atoms with Gasteiger partial charge in [0, 0.05) is 12.8 Å². The Morgan fingerprint density at radius 2 is 1.31 bits per heavy atom. The molecule has 7 heteroatoms. The first-order valence-corrected chi connectivity index (χ1v) is 11.6. The first kappa shape index (κ1) is 26.1. The second-order valence-corrected chi connectivity index (χ2v) is 8.24. The van der Waals surface area contributed by atoms with Gasteiger partial charge in [-0.3, -0.25) is 9.59 Å². The molecule has 0 amide bonds. The van der Waals surface area contributed by atoms with Crippen LogP contribution in [0.4, 0.5) is 0 Å². The predicted octanol–water partition coefficient (Wildman–Crippen LogP) is 7.80. The van der Waals surface area contributed by atoms with E-state index in [1.807, 2.05) is 0 Å². The number of unbranched alkanes of at least 4 members (excludes halogenated alkanes) is 8. The van der Waals surface area contributed by atoms with Crippen molar-refractivity contribution in [2.75, 3.05) is 6.61 Å². The molecule has 1 aromatic carbocycles. The lowest BCUT2D eigenvalue weighted by Gasteiger charge is -2.09. The fraction of sp³-hybridized carbons (Fsp3) is 0.636. The molecule has 164 valence electrons. The standard InChI is InChI=1S/C22H31Cl3O4/c1-2-3-4-11-16-28-19(26)12-9-7-5-6-8-10-13-20(27)29-22-18(24)15-14-17(23)21(22)25/h14-15H,2-13,16H2,1H3. The van der Waals surface area contributed by atoms with E-state index < -0.39 is 0 Å². The van der Waals surface area contributed by atoms with E-state index in [0.717, 1.165) is 51.4 Å². The molecule has 0 spiro atoms. The van der Waals surface area contributed by atoms with E-state index in [-0.39, 0.29) is 27.7 Å². The summed E-state index contributed by atoms with van der Waals surface area (Å²) in [6.07, 6.45) is 10.8. The molecule has 0 N–H and O–H groups in total. The second kappa shape index (κ2) is 15.8. The Balaban J connectivity index is 2.02. The maximum atomic E-state index is 11.9. The molecule has 1 rings (SSSR count). The van der Waals surface area contributed by atoms with Crippen molar-refractivity contribution in [3.63, 3.8) is 0 Å². The molecule has 0 aliphatic rings. The lowest BCUT2D eigenvalue weighted by molar-refractivity contribution is -0.144. The van der Waals surface area contributed by atoms with Crippen molar-refractivity contribution in [2.24, 2.45) is 0 Å². The fourth-order valence-corrected chi connectivity index (χ4v) is 3.40. The van der Waals surface area contributed by atoms with Crippen LogP contribution in [0.1, 0.15) is 84.0 Å². The van der Waals surface area contributed by atoms with Gasteiger partial charge in [0.05, 0.1) is 16.7 Å². The van der Waals surface area contributed by atoms with Gasteiger partial charge in [-0.2, -0.15) is 0 Å². The minimum atomic E-state index is -0.377. The van der Waals surface area contributed by atoms with Crippen LogP contribution in [-0.2, 0) is 14.3 Å². The van der Waals surface area contributed by atoms with Crippen LogP contribution in [0, 0.1) is 0 Å². The maximum absolute atomic E-state index is 11.9. The molecule has 0 fully saturated rings. The monoisotopic (exact) mass is 464 g/mol. The van der Waals surface area contributed by atoms with Crippen molar-refractivity contribution in [2.45, 2.75) is 84.0 Å². The zero-order valence-electron chi connectivity index (χ0n) is 17.1. The van der Waals surface area contributed by atoms with Gasteiger partial charge < -0.3 is 9.47 Å². The maximum Gasteiger partial charge on any atom is 0.311 e. The highest BCUT2D eigenvalue weighted by molar-refractivity contribution is 6.44. The quantitative estimate of drug-likeness (QED) is 0.115. The Morgan fingerprint density at radius 3 is 1.97 bits per heavy atom. The van der Waals surface area contributed by atoms with Crippen molar-refractivity contribution >= 4 is 46.7 Å². The normalized spacial score (nSPS) is 10.8. The number of carbonyl (C=O) groups is 2. The highest BCUT2D eigenvalue weighted by Gasteiger charge is 2.14. The van der Waals surface area contributed by atoms with Gasteiger partial charge in [0.15, 0.2) is 5.75 Å². The van der Waals surface area contributed by atoms with Crippen LogP contribution in [0.2, 0.25) is 15.1 Å². The summed E-state index contributed by atoms with van der Waals surface area (Å²) in [7, 11) is 0. The molecule has 0 heterocycles. The van der Waals surface area contributed by atoms with Gasteiger partial charge >= 0.3 is 11.9 Å². The number of carbonyl (C=O) groups excluding carboxylic acids is 2. The zero-order valence-corrected chi connectivity index (χ0v) is 19.4. The largest absolute Gasteiger partial charge is 0.466 e. The topological polar surface area (TPSA) is 52.6 Å². The number of hydrogen-bond acceptors (Lipinski definition) is 4. The van der Waals surface area contributed by atoms with E-state index in [4.69, 9.17) is 44.3 Å². The predicted molar refractivity (Wildman–Crippen MR) is 119 cm³/mol. The molecule has 0 saturated heterocycles. The summed E-state index contributed by atoms with van der Waals surface area (Å²) >= 11 is 17.9. The van der Waals surface area contributed by atoms with E-state index >= 15 is 0 Å². The van der Waals surface area contributed by atoms with Gasteiger partial charge in [-0.1, -0.05) is 86.7 Å². The summed E-state index contributed by atoms with van der Waals surface area (Å²) in [6.45, 7) is 2.70. The third-order valence-electron chi connectivity index (χ3n) is 4.49. The van der Waals surface area contributed by atoms with Crippen LogP contribution in [0.25, 0.3) is 0 Å². The number of benzene rings is 1. The fourth-order valence-electron chi connectivity index (χ4n) is 2.80. The Kier molecular flexibility index (Phi) is 14.2. The van der Waals surface area contributed by atoms with Crippen LogP contribution >= 0.6 is 34.8 Å². The highest BCUT2D eigenvalue weighted by Crippen LogP contribution is 2.38. The first-order valence-electron chi connectivity index (χ1n) is 10.5. The van der Waals surface area contributed by atoms with Crippen LogP contribution in [0.5, 0.6) is 5.75 Å². The first-order chi connectivity index (χ1) is 14.0. The van der Waals surface area contributed by atoms with Crippen LogP contribution in [-0.4, -0.2) is 18.5 Å². The van der Waals surface area contributed by atoms with Gasteiger partial charge in [-0.15, -0.1) is 0 Å². The van der Waals surface area contributed by atoms with Crippen molar-refractivity contribution in [3.8, 4) is 5.75 Å². The average Bonchev–Trinajstić information content (AvgIpc) is 2.70. The van der Waals surface area contributed by atoms with Crippen LogP contribution < -0.4 is 4.74 Å². The Morgan fingerprint density at radius 1 is 0.759 bits per heavy atom. The van der Waals surface area contributed by atoms with E-state index in [2.05, 4.69) is 6.92 Å². The molecule has 0 unspecified atom stereocenters. The highest BCUT2D eigenvalue weighted by atomic mass is 35.5. The van der Waals surface area contributed by atoms with Crippen molar-refractivity contribution in [3.05, 3.63) is 27.2 Å². The summed E-state index contributed by atoms with van der Waals surface area (Å²) in [5, 5.41) is 0.693. The smallest absolute Gasteiger partial charge is 0.311 e. The molecule has 1 aromatic rings. The van der Waals surface area contributed by atoms with E-state index in [9.17, 15) is 9.59 Å². The Hall–Kier alpha value is -0.970. The molecular weight excluding hydrogens is 435 g/mol. The molecular formula is C22H31Cl3O4. The molecule has 0 aliphatic carbocycles. The van der Waals surface area contributed by atoms with Crippen molar-refractivity contribution < 1.29 is 19.1 Å². The zero-order chi connectivity index (χ0) is 21.5. The Labute approximate surface area is 189 Å². The lowest BCUT2D eigenvalue weighted by Crippen LogP contribution is -2.08. The third kappa shape index (κ3) is 11.7. The summed E-state index contributed by atoms with van der Waals surface area (Å²) in [4.78, 5) is 23.6. The summed E-state index contributed by atoms with van der Waals surface area (Å²) in [6, 6.07) is 3.09. The average molecular weight is 466 g/mol. The minimum Gasteiger partial charge on any atom is -0.466 e. The molecule has 0 saturated carbocycles. The lowest BCUT2D eigenvalue weighted by atomic mass is 10.1. The summed E-state index contributed by atoms with van der Waals surface area (Å²) in [5.74, 6) is -0.358. The van der Waals surface area contributed by atoms with Gasteiger partial charge in [0.2, 0.25) is 0 Å². The van der Waals surface area contributed by atoms with Gasteiger partial charge in [-0.25, -0.2) is 0 Å². The van der Waals surface area contributed by atoms with Crippen molar-refractivity contribution in [1.82, 2.24) is 0 Å². The number of hydrogen-bond donors (Lipinski definition) is 0. The second-order valence-electron chi connectivity index (χ2n) is 7.05. The van der Waals surface area contributed by atoms with Gasteiger partial charge in [0.25, 0.3) is 0 Å². The van der Waals surface area contributed by atoms with E-state index in [1.54, 1.807) is 12.1 Å². The summed E-state index contributed by atoms with van der Waals surface area (Å²) < 4.78 is 10.5. The van der Waals surface area contributed by atoms with Gasteiger partial charge in [0.1, 0.15) is 5.02 Å². The molecule has 0 atom stereocenters. The number of esters is 2. The number of rotatable bonds is 15. The molecule has 0 radical (unpaired) electrons.